The van der Waals surface area contributed by atoms with Crippen LogP contribution in [0.2, 0.25) is 5.28 Å². The zero-order chi connectivity index (χ0) is 50.7. The molecule has 2 unspecified atom stereocenters. The van der Waals surface area contributed by atoms with Crippen LogP contribution in [0.15, 0.2) is 86.0 Å². The van der Waals surface area contributed by atoms with Crippen molar-refractivity contribution in [1.82, 2.24) is 49.0 Å². The van der Waals surface area contributed by atoms with Gasteiger partial charge in [0.05, 0.1) is 62.7 Å². The number of hydrogen-bond acceptors (Lipinski definition) is 16. The van der Waals surface area contributed by atoms with Crippen molar-refractivity contribution < 1.29 is 45.3 Å². The molecule has 3 N–H and O–H groups in total. The molecule has 18 nitrogen and oxygen atoms in total. The molecule has 10 rings (SSSR count). The molecule has 2 aliphatic rings. The van der Waals surface area contributed by atoms with Crippen molar-refractivity contribution in [2.24, 2.45) is 0 Å². The van der Waals surface area contributed by atoms with Crippen LogP contribution in [0.4, 0.5) is 55.6 Å². The minimum atomic E-state index is -1.25. The fourth-order valence-corrected chi connectivity index (χ4v) is 7.50. The molecule has 0 spiro atoms. The number of imidazole rings is 2. The SMILES string of the molecule is CN1c2nc(Cl)ncc2OCC1c1cc(F)c(F)cc1F.COc1nc(N)ccc1-n1cnc(C)c1.COc1nc(Nc2ncc3c(n2)N(C)C(c2cc(F)c(F)cc2F)CO3)ccc1-n1cnc(C)c1. The summed E-state index contributed by atoms with van der Waals surface area (Å²) < 4.78 is 107. The number of methoxy groups -OCH3 is 2. The number of pyridine rings is 2. The molecule has 8 heterocycles. The molecule has 25 heteroatoms. The van der Waals surface area contributed by atoms with Crippen molar-refractivity contribution >= 4 is 40.8 Å². The van der Waals surface area contributed by atoms with E-state index < -0.39 is 47.0 Å². The fraction of sp³-hybridized carbons (Fsp3) is 0.217. The second-order valence-corrected chi connectivity index (χ2v) is 16.0. The summed E-state index contributed by atoms with van der Waals surface area (Å²) in [5.41, 5.74) is 8.83. The lowest BCUT2D eigenvalue weighted by Gasteiger charge is -2.35. The maximum atomic E-state index is 14.4. The maximum absolute atomic E-state index is 14.4. The minimum absolute atomic E-state index is 0.00949. The molecule has 2 aliphatic heterocycles. The molecule has 6 aromatic heterocycles. The maximum Gasteiger partial charge on any atom is 0.240 e. The average molecular weight is 1000 g/mol. The van der Waals surface area contributed by atoms with E-state index in [-0.39, 0.29) is 35.6 Å². The number of rotatable bonds is 8. The van der Waals surface area contributed by atoms with E-state index in [1.807, 2.05) is 42.9 Å². The van der Waals surface area contributed by atoms with Gasteiger partial charge < -0.3 is 48.9 Å². The predicted octanol–water partition coefficient (Wildman–Crippen LogP) is 8.39. The monoisotopic (exact) mass is 1000 g/mol. The van der Waals surface area contributed by atoms with E-state index in [1.54, 1.807) is 60.4 Å². The van der Waals surface area contributed by atoms with Crippen LogP contribution in [0, 0.1) is 48.8 Å². The van der Waals surface area contributed by atoms with Gasteiger partial charge in [0.1, 0.15) is 47.9 Å². The number of anilines is 5. The molecule has 0 saturated heterocycles. The Balaban J connectivity index is 0.000000159. The van der Waals surface area contributed by atoms with E-state index >= 15 is 0 Å². The van der Waals surface area contributed by atoms with Gasteiger partial charge in [-0.15, -0.1) is 0 Å². The highest BCUT2D eigenvalue weighted by molar-refractivity contribution is 6.28. The molecule has 0 saturated carbocycles. The molecular formula is C46H41ClF6N14O4. The van der Waals surface area contributed by atoms with E-state index in [0.717, 1.165) is 29.2 Å². The smallest absolute Gasteiger partial charge is 0.240 e. The molecule has 2 atom stereocenters. The van der Waals surface area contributed by atoms with Crippen molar-refractivity contribution in [2.75, 3.05) is 62.4 Å². The molecule has 0 radical (unpaired) electrons. The van der Waals surface area contributed by atoms with Crippen LogP contribution in [0.3, 0.4) is 0 Å². The summed E-state index contributed by atoms with van der Waals surface area (Å²) in [7, 11) is 6.37. The van der Waals surface area contributed by atoms with Gasteiger partial charge in [-0.1, -0.05) is 0 Å². The van der Waals surface area contributed by atoms with Crippen LogP contribution < -0.4 is 39.8 Å². The zero-order valence-electron chi connectivity index (χ0n) is 38.4. The van der Waals surface area contributed by atoms with Crippen LogP contribution in [-0.2, 0) is 0 Å². The van der Waals surface area contributed by atoms with Crippen LogP contribution in [0.1, 0.15) is 34.6 Å². The van der Waals surface area contributed by atoms with E-state index in [2.05, 4.69) is 45.2 Å². The second kappa shape index (κ2) is 20.7. The van der Waals surface area contributed by atoms with E-state index in [9.17, 15) is 26.3 Å². The van der Waals surface area contributed by atoms with Crippen molar-refractivity contribution in [2.45, 2.75) is 25.9 Å². The standard InChI is InChI=1S/C23H20F3N7O2.C13H9ClF3N3O.C10H12N4O/c1-12-9-33(11-28-12)17-4-5-20(29-22(17)34-3)30-23-27-8-19-21(31-23)32(2)18(10-35-19)13-6-15(25)16(26)7-14(13)24;1-20-10(6-2-8(16)9(17)3-7(6)15)5-21-11-4-18-13(14)19-12(11)20;1-7-5-14(6-12-7)8-3-4-9(11)13-10(8)15-2/h4-9,11,18H,10H2,1-3H3,(H,27,29,30,31);2-4,10H,5H2,1H3;3-6H,1-2H3,(H2,11,13). The summed E-state index contributed by atoms with van der Waals surface area (Å²) in [6, 6.07) is 8.43. The molecule has 8 aromatic rings. The molecular weight excluding hydrogens is 962 g/mol. The van der Waals surface area contributed by atoms with Crippen molar-refractivity contribution in [3.63, 3.8) is 0 Å². The highest BCUT2D eigenvalue weighted by atomic mass is 35.5. The summed E-state index contributed by atoms with van der Waals surface area (Å²) in [5.74, 6) is -3.09. The number of fused-ring (bicyclic) bond motifs is 2. The zero-order valence-corrected chi connectivity index (χ0v) is 39.1. The van der Waals surface area contributed by atoms with Gasteiger partial charge in [0.2, 0.25) is 23.0 Å². The average Bonchev–Trinajstić information content (AvgIpc) is 4.00. The number of aryl methyl sites for hydroxylation is 2. The third-order valence-electron chi connectivity index (χ3n) is 10.9. The summed E-state index contributed by atoms with van der Waals surface area (Å²) in [6.45, 7) is 3.87. The van der Waals surface area contributed by atoms with Gasteiger partial charge in [0.25, 0.3) is 0 Å². The Morgan fingerprint density at radius 1 is 0.620 bits per heavy atom. The van der Waals surface area contributed by atoms with Gasteiger partial charge in [-0.2, -0.15) is 19.9 Å². The number of nitrogens with one attached hydrogen (secondary N) is 1. The highest BCUT2D eigenvalue weighted by Gasteiger charge is 2.32. The Morgan fingerprint density at radius 2 is 1.10 bits per heavy atom. The number of nitrogen functional groups attached to an aromatic ring is 1. The van der Waals surface area contributed by atoms with Gasteiger partial charge >= 0.3 is 0 Å². The van der Waals surface area contributed by atoms with Gasteiger partial charge in [-0.05, 0) is 61.8 Å². The molecule has 2 aromatic carbocycles. The largest absolute Gasteiger partial charge is 0.486 e. The topological polar surface area (TPSA) is 194 Å². The number of aromatic nitrogens is 10. The number of likely N-dealkylation sites (N-methyl/N-ethyl adjacent to an activating group) is 2. The van der Waals surface area contributed by atoms with Crippen molar-refractivity contribution in [3.05, 3.63) is 149 Å². The summed E-state index contributed by atoms with van der Waals surface area (Å²) in [5, 5.41) is 3.02. The van der Waals surface area contributed by atoms with Crippen LogP contribution >= 0.6 is 11.6 Å². The van der Waals surface area contributed by atoms with Crippen LogP contribution in [0.25, 0.3) is 11.4 Å². The lowest BCUT2D eigenvalue weighted by molar-refractivity contribution is 0.261. The van der Waals surface area contributed by atoms with E-state index in [4.69, 9.17) is 36.3 Å². The third kappa shape index (κ3) is 10.6. The Bertz CT molecular complexity index is 3240. The molecule has 0 bridgehead atoms. The lowest BCUT2D eigenvalue weighted by atomic mass is 10.0. The van der Waals surface area contributed by atoms with Crippen molar-refractivity contribution in [3.8, 4) is 34.6 Å². The van der Waals surface area contributed by atoms with Crippen LogP contribution in [-0.4, -0.2) is 90.5 Å². The molecule has 0 aliphatic carbocycles. The predicted molar refractivity (Wildman–Crippen MR) is 248 cm³/mol. The Morgan fingerprint density at radius 3 is 1.61 bits per heavy atom. The first kappa shape index (κ1) is 49.0. The first-order chi connectivity index (χ1) is 34.0. The third-order valence-corrected chi connectivity index (χ3v) is 11.1. The Kier molecular flexibility index (Phi) is 14.3. The first-order valence-electron chi connectivity index (χ1n) is 21.1. The number of hydrogen-bond donors (Lipinski definition) is 2. The quantitative estimate of drug-likeness (QED) is 0.0836. The van der Waals surface area contributed by atoms with E-state index in [1.165, 1.54) is 19.5 Å². The molecule has 368 valence electrons. The number of benzene rings is 2. The number of ether oxygens (including phenoxy) is 4. The minimum Gasteiger partial charge on any atom is -0.486 e. The summed E-state index contributed by atoms with van der Waals surface area (Å²) >= 11 is 5.72. The summed E-state index contributed by atoms with van der Waals surface area (Å²) in [4.78, 5) is 36.6. The Hall–Kier alpha value is -8.41. The van der Waals surface area contributed by atoms with Gasteiger partial charge in [-0.3, -0.25) is 0 Å². The second-order valence-electron chi connectivity index (χ2n) is 15.6. The van der Waals surface area contributed by atoms with Gasteiger partial charge in [-0.25, -0.2) is 46.3 Å². The molecule has 0 fully saturated rings. The van der Waals surface area contributed by atoms with Crippen molar-refractivity contribution in [1.29, 1.82) is 0 Å². The Labute approximate surface area is 405 Å². The fourth-order valence-electron chi connectivity index (χ4n) is 7.38. The number of halogens is 7. The number of nitrogens with two attached hydrogens (primary N) is 1. The number of nitrogens with zero attached hydrogens (tertiary/aromatic N) is 12. The van der Waals surface area contributed by atoms with E-state index in [0.29, 0.717) is 64.4 Å². The summed E-state index contributed by atoms with van der Waals surface area (Å²) in [6.07, 6.45) is 10.00. The molecule has 0 amide bonds. The lowest BCUT2D eigenvalue weighted by Crippen LogP contribution is -2.35. The molecule has 71 heavy (non-hydrogen) atoms. The highest BCUT2D eigenvalue weighted by Crippen LogP contribution is 2.40. The van der Waals surface area contributed by atoms with Gasteiger partial charge in [0, 0.05) is 49.7 Å². The first-order valence-corrected chi connectivity index (χ1v) is 21.4. The van der Waals surface area contributed by atoms with Gasteiger partial charge in [0.15, 0.2) is 46.4 Å². The normalized spacial score (nSPS) is 14.7. The van der Waals surface area contributed by atoms with Crippen LogP contribution in [0.5, 0.6) is 23.3 Å².